The molecule has 1 atom stereocenters. The molecule has 2 amide bonds. The lowest BCUT2D eigenvalue weighted by atomic mass is 10.1. The first kappa shape index (κ1) is 17.6. The lowest BCUT2D eigenvalue weighted by Gasteiger charge is -2.22. The van der Waals surface area contributed by atoms with E-state index in [0.29, 0.717) is 26.1 Å². The molecule has 0 bridgehead atoms. The van der Waals surface area contributed by atoms with Crippen molar-refractivity contribution < 1.29 is 14.3 Å². The number of para-hydroxylation sites is 2. The SMILES string of the molecule is COc1ccccc1CCN1CC(C(=O)N2CCc3ccccc32)CC1=O. The van der Waals surface area contributed by atoms with Gasteiger partial charge in [0.2, 0.25) is 11.8 Å². The third-order valence-corrected chi connectivity index (χ3v) is 5.56. The highest BCUT2D eigenvalue weighted by molar-refractivity contribution is 6.00. The Morgan fingerprint density at radius 3 is 2.78 bits per heavy atom. The molecule has 0 aromatic heterocycles. The van der Waals surface area contributed by atoms with Crippen molar-refractivity contribution in [1.82, 2.24) is 4.90 Å². The van der Waals surface area contributed by atoms with E-state index in [-0.39, 0.29) is 17.7 Å². The molecular formula is C22H24N2O3. The third-order valence-electron chi connectivity index (χ3n) is 5.56. The smallest absolute Gasteiger partial charge is 0.232 e. The molecule has 0 spiro atoms. The van der Waals surface area contributed by atoms with E-state index in [4.69, 9.17) is 4.74 Å². The minimum atomic E-state index is -0.249. The molecule has 5 nitrogen and oxygen atoms in total. The number of benzene rings is 2. The summed E-state index contributed by atoms with van der Waals surface area (Å²) in [5.74, 6) is 0.732. The zero-order chi connectivity index (χ0) is 18.8. The summed E-state index contributed by atoms with van der Waals surface area (Å²) in [4.78, 5) is 29.1. The van der Waals surface area contributed by atoms with Gasteiger partial charge in [-0.15, -0.1) is 0 Å². The zero-order valence-corrected chi connectivity index (χ0v) is 15.6. The van der Waals surface area contributed by atoms with Crippen molar-refractivity contribution in [3.63, 3.8) is 0 Å². The van der Waals surface area contributed by atoms with Crippen LogP contribution < -0.4 is 9.64 Å². The Kier molecular flexibility index (Phi) is 4.84. The summed E-state index contributed by atoms with van der Waals surface area (Å²) in [7, 11) is 1.66. The second kappa shape index (κ2) is 7.43. The van der Waals surface area contributed by atoms with Gasteiger partial charge in [0.1, 0.15) is 5.75 Å². The minimum Gasteiger partial charge on any atom is -0.496 e. The van der Waals surface area contributed by atoms with Crippen molar-refractivity contribution in [2.45, 2.75) is 19.3 Å². The number of rotatable bonds is 5. The third kappa shape index (κ3) is 3.42. The van der Waals surface area contributed by atoms with Gasteiger partial charge in [-0.05, 0) is 36.1 Å². The number of methoxy groups -OCH3 is 1. The topological polar surface area (TPSA) is 49.9 Å². The fourth-order valence-electron chi connectivity index (χ4n) is 4.11. The van der Waals surface area contributed by atoms with Crippen LogP contribution in [0.15, 0.2) is 48.5 Å². The van der Waals surface area contributed by atoms with Crippen molar-refractivity contribution >= 4 is 17.5 Å². The number of ether oxygens (including phenoxy) is 1. The van der Waals surface area contributed by atoms with E-state index in [1.54, 1.807) is 7.11 Å². The molecular weight excluding hydrogens is 340 g/mol. The summed E-state index contributed by atoms with van der Waals surface area (Å²) in [6, 6.07) is 15.9. The van der Waals surface area contributed by atoms with Crippen LogP contribution in [0, 0.1) is 5.92 Å². The van der Waals surface area contributed by atoms with E-state index in [1.165, 1.54) is 5.56 Å². The van der Waals surface area contributed by atoms with Crippen LogP contribution in [0.3, 0.4) is 0 Å². The van der Waals surface area contributed by atoms with Gasteiger partial charge in [0.15, 0.2) is 0 Å². The van der Waals surface area contributed by atoms with Gasteiger partial charge in [-0.3, -0.25) is 9.59 Å². The van der Waals surface area contributed by atoms with Crippen LogP contribution in [0.1, 0.15) is 17.5 Å². The highest BCUT2D eigenvalue weighted by Crippen LogP contribution is 2.31. The second-order valence-corrected chi connectivity index (χ2v) is 7.17. The Labute approximate surface area is 159 Å². The van der Waals surface area contributed by atoms with Gasteiger partial charge in [0.25, 0.3) is 0 Å². The maximum Gasteiger partial charge on any atom is 0.232 e. The Morgan fingerprint density at radius 2 is 1.93 bits per heavy atom. The monoisotopic (exact) mass is 364 g/mol. The van der Waals surface area contributed by atoms with E-state index in [1.807, 2.05) is 52.3 Å². The van der Waals surface area contributed by atoms with Gasteiger partial charge in [-0.25, -0.2) is 0 Å². The zero-order valence-electron chi connectivity index (χ0n) is 15.6. The second-order valence-electron chi connectivity index (χ2n) is 7.17. The number of fused-ring (bicyclic) bond motifs is 1. The molecule has 2 aromatic rings. The Bertz CT molecular complexity index is 864. The number of hydrogen-bond acceptors (Lipinski definition) is 3. The Hall–Kier alpha value is -2.82. The number of hydrogen-bond donors (Lipinski definition) is 0. The van der Waals surface area contributed by atoms with Crippen LogP contribution in [0.2, 0.25) is 0 Å². The van der Waals surface area contributed by atoms with E-state index in [9.17, 15) is 9.59 Å². The van der Waals surface area contributed by atoms with Crippen molar-refractivity contribution in [3.05, 3.63) is 59.7 Å². The van der Waals surface area contributed by atoms with E-state index in [0.717, 1.165) is 29.8 Å². The molecule has 2 aromatic carbocycles. The molecule has 5 heteroatoms. The molecule has 0 saturated carbocycles. The summed E-state index contributed by atoms with van der Waals surface area (Å²) in [6.45, 7) is 1.83. The van der Waals surface area contributed by atoms with Crippen LogP contribution in [0.4, 0.5) is 5.69 Å². The largest absolute Gasteiger partial charge is 0.496 e. The molecule has 2 aliphatic heterocycles. The van der Waals surface area contributed by atoms with E-state index in [2.05, 4.69) is 6.07 Å². The standard InChI is InChI=1S/C22H24N2O3/c1-27-20-9-5-3-7-17(20)10-12-23-15-18(14-21(23)25)22(26)24-13-11-16-6-2-4-8-19(16)24/h2-9,18H,10-15H2,1H3. The van der Waals surface area contributed by atoms with Crippen molar-refractivity contribution in [2.75, 3.05) is 31.6 Å². The number of anilines is 1. The predicted molar refractivity (Wildman–Crippen MR) is 104 cm³/mol. The highest BCUT2D eigenvalue weighted by Gasteiger charge is 2.38. The first-order valence-corrected chi connectivity index (χ1v) is 9.46. The number of nitrogens with zero attached hydrogens (tertiary/aromatic N) is 2. The number of amides is 2. The molecule has 1 saturated heterocycles. The summed E-state index contributed by atoms with van der Waals surface area (Å²) < 4.78 is 5.38. The van der Waals surface area contributed by atoms with Crippen LogP contribution >= 0.6 is 0 Å². The lowest BCUT2D eigenvalue weighted by molar-refractivity contribution is -0.128. The number of likely N-dealkylation sites (tertiary alicyclic amines) is 1. The summed E-state index contributed by atoms with van der Waals surface area (Å²) >= 11 is 0. The van der Waals surface area contributed by atoms with E-state index >= 15 is 0 Å². The van der Waals surface area contributed by atoms with Gasteiger partial charge >= 0.3 is 0 Å². The molecule has 4 rings (SSSR count). The Balaban J connectivity index is 1.40. The van der Waals surface area contributed by atoms with Crippen LogP contribution in [-0.2, 0) is 22.4 Å². The maximum absolute atomic E-state index is 13.0. The molecule has 2 heterocycles. The van der Waals surface area contributed by atoms with Gasteiger partial charge in [-0.2, -0.15) is 0 Å². The van der Waals surface area contributed by atoms with Crippen LogP contribution in [0.25, 0.3) is 0 Å². The molecule has 1 fully saturated rings. The fraction of sp³-hybridized carbons (Fsp3) is 0.364. The average Bonchev–Trinajstić information content (AvgIpc) is 3.29. The lowest BCUT2D eigenvalue weighted by Crippen LogP contribution is -2.36. The molecule has 2 aliphatic rings. The van der Waals surface area contributed by atoms with Crippen molar-refractivity contribution in [3.8, 4) is 5.75 Å². The summed E-state index contributed by atoms with van der Waals surface area (Å²) in [5, 5.41) is 0. The summed E-state index contributed by atoms with van der Waals surface area (Å²) in [6.07, 6.45) is 1.92. The number of carbonyl (C=O) groups excluding carboxylic acids is 2. The Morgan fingerprint density at radius 1 is 1.15 bits per heavy atom. The molecule has 27 heavy (non-hydrogen) atoms. The first-order valence-electron chi connectivity index (χ1n) is 9.46. The van der Waals surface area contributed by atoms with Crippen LogP contribution in [-0.4, -0.2) is 43.5 Å². The van der Waals surface area contributed by atoms with Gasteiger partial charge in [-0.1, -0.05) is 36.4 Å². The molecule has 1 unspecified atom stereocenters. The van der Waals surface area contributed by atoms with Gasteiger partial charge in [0, 0.05) is 31.7 Å². The predicted octanol–water partition coefficient (Wildman–Crippen LogP) is 2.68. The van der Waals surface area contributed by atoms with Gasteiger partial charge < -0.3 is 14.5 Å². The minimum absolute atomic E-state index is 0.0655. The van der Waals surface area contributed by atoms with Crippen LogP contribution in [0.5, 0.6) is 5.75 Å². The van der Waals surface area contributed by atoms with Crippen molar-refractivity contribution in [2.24, 2.45) is 5.92 Å². The fourth-order valence-corrected chi connectivity index (χ4v) is 4.11. The maximum atomic E-state index is 13.0. The molecule has 0 N–H and O–H groups in total. The van der Waals surface area contributed by atoms with Gasteiger partial charge in [0.05, 0.1) is 13.0 Å². The molecule has 140 valence electrons. The summed E-state index contributed by atoms with van der Waals surface area (Å²) in [5.41, 5.74) is 3.29. The normalized spacial score (nSPS) is 18.7. The number of carbonyl (C=O) groups is 2. The average molecular weight is 364 g/mol. The van der Waals surface area contributed by atoms with E-state index < -0.39 is 0 Å². The van der Waals surface area contributed by atoms with Crippen molar-refractivity contribution in [1.29, 1.82) is 0 Å². The highest BCUT2D eigenvalue weighted by atomic mass is 16.5. The molecule has 0 aliphatic carbocycles. The molecule has 0 radical (unpaired) electrons. The quantitative estimate of drug-likeness (QED) is 0.820. The first-order chi connectivity index (χ1) is 13.2.